The molecule has 0 atom stereocenters. The molecule has 1 aromatic carbocycles. The van der Waals surface area contributed by atoms with Gasteiger partial charge in [-0.15, -0.1) is 0 Å². The molecular formula is C22H25N3O5S. The van der Waals surface area contributed by atoms with E-state index >= 15 is 0 Å². The van der Waals surface area contributed by atoms with Crippen molar-refractivity contribution in [3.63, 3.8) is 0 Å². The van der Waals surface area contributed by atoms with Crippen LogP contribution in [0.15, 0.2) is 58.6 Å². The van der Waals surface area contributed by atoms with Gasteiger partial charge in [0, 0.05) is 37.3 Å². The molecule has 31 heavy (non-hydrogen) atoms. The normalized spacial score (nSPS) is 11.4. The summed E-state index contributed by atoms with van der Waals surface area (Å²) >= 11 is 0. The quantitative estimate of drug-likeness (QED) is 0.574. The smallest absolute Gasteiger partial charge is 0.256 e. The second-order valence-electron chi connectivity index (χ2n) is 6.90. The van der Waals surface area contributed by atoms with Crippen LogP contribution < -0.4 is 10.1 Å². The molecule has 1 N–H and O–H groups in total. The number of benzene rings is 1. The first kappa shape index (κ1) is 22.5. The summed E-state index contributed by atoms with van der Waals surface area (Å²) in [6, 6.07) is 9.29. The van der Waals surface area contributed by atoms with Crippen LogP contribution in [0.4, 0.5) is 5.82 Å². The number of rotatable bonds is 8. The maximum absolute atomic E-state index is 13.6. The summed E-state index contributed by atoms with van der Waals surface area (Å²) < 4.78 is 39.2. The van der Waals surface area contributed by atoms with Crippen LogP contribution >= 0.6 is 0 Å². The van der Waals surface area contributed by atoms with E-state index in [0.29, 0.717) is 30.0 Å². The molecule has 0 fully saturated rings. The van der Waals surface area contributed by atoms with Crippen molar-refractivity contribution in [2.24, 2.45) is 0 Å². The zero-order valence-electron chi connectivity index (χ0n) is 17.9. The Morgan fingerprint density at radius 2 is 1.71 bits per heavy atom. The van der Waals surface area contributed by atoms with Gasteiger partial charge in [-0.2, -0.15) is 0 Å². The van der Waals surface area contributed by atoms with Gasteiger partial charge in [0.15, 0.2) is 0 Å². The van der Waals surface area contributed by atoms with Crippen molar-refractivity contribution in [2.45, 2.75) is 30.2 Å². The van der Waals surface area contributed by atoms with Gasteiger partial charge < -0.3 is 19.4 Å². The standard InChI is InChI=1S/C22H25N3O5S/c1-15-16(2)25(13-14-29-3)21(24-22(26)17-9-11-23-12-10-17)20(15)31(27,28)19-7-5-18(30-4)6-8-19/h5-12H,13-14H2,1-4H3,(H,24,26). The van der Waals surface area contributed by atoms with Gasteiger partial charge >= 0.3 is 0 Å². The highest BCUT2D eigenvalue weighted by molar-refractivity contribution is 7.91. The number of ether oxygens (including phenoxy) is 2. The molecule has 0 aliphatic heterocycles. The monoisotopic (exact) mass is 443 g/mol. The molecule has 1 amide bonds. The lowest BCUT2D eigenvalue weighted by Crippen LogP contribution is -2.19. The van der Waals surface area contributed by atoms with Gasteiger partial charge in [-0.25, -0.2) is 8.42 Å². The molecule has 3 rings (SSSR count). The van der Waals surface area contributed by atoms with Gasteiger partial charge in [-0.05, 0) is 55.8 Å². The third kappa shape index (κ3) is 4.47. The van der Waals surface area contributed by atoms with E-state index in [9.17, 15) is 13.2 Å². The van der Waals surface area contributed by atoms with Gasteiger partial charge in [-0.3, -0.25) is 9.78 Å². The number of hydrogen-bond donors (Lipinski definition) is 1. The average molecular weight is 444 g/mol. The Kier molecular flexibility index (Phi) is 6.77. The molecule has 8 nitrogen and oxygen atoms in total. The lowest BCUT2D eigenvalue weighted by atomic mass is 10.2. The minimum atomic E-state index is -3.92. The fraction of sp³-hybridized carbons (Fsp3) is 0.273. The van der Waals surface area contributed by atoms with Gasteiger partial charge in [-0.1, -0.05) is 0 Å². The summed E-state index contributed by atoms with van der Waals surface area (Å²) in [5.74, 6) is 0.338. The van der Waals surface area contributed by atoms with Gasteiger partial charge in [0.2, 0.25) is 9.84 Å². The Hall–Kier alpha value is -3.17. The van der Waals surface area contributed by atoms with Gasteiger partial charge in [0.05, 0.1) is 18.6 Å². The molecule has 164 valence electrons. The highest BCUT2D eigenvalue weighted by atomic mass is 32.2. The van der Waals surface area contributed by atoms with Crippen molar-refractivity contribution in [2.75, 3.05) is 26.1 Å². The molecule has 0 saturated carbocycles. The topological polar surface area (TPSA) is 99.5 Å². The highest BCUT2D eigenvalue weighted by Crippen LogP contribution is 2.36. The molecule has 0 spiro atoms. The van der Waals surface area contributed by atoms with E-state index in [1.165, 1.54) is 31.6 Å². The van der Waals surface area contributed by atoms with Crippen LogP contribution in [0.1, 0.15) is 21.6 Å². The van der Waals surface area contributed by atoms with Crippen molar-refractivity contribution in [3.8, 4) is 5.75 Å². The third-order valence-electron chi connectivity index (χ3n) is 5.11. The first-order chi connectivity index (χ1) is 14.8. The summed E-state index contributed by atoms with van der Waals surface area (Å²) in [6.45, 7) is 4.29. The molecule has 0 aliphatic rings. The molecule has 0 aliphatic carbocycles. The number of aromatic nitrogens is 2. The molecule has 0 saturated heterocycles. The predicted octanol–water partition coefficient (Wildman–Crippen LogP) is 3.24. The second kappa shape index (κ2) is 9.32. The van der Waals surface area contributed by atoms with Crippen LogP contribution in [0.2, 0.25) is 0 Å². The van der Waals surface area contributed by atoms with E-state index in [-0.39, 0.29) is 15.6 Å². The van der Waals surface area contributed by atoms with E-state index in [1.54, 1.807) is 42.9 Å². The molecule has 0 unspecified atom stereocenters. The number of hydrogen-bond acceptors (Lipinski definition) is 6. The molecule has 2 aromatic heterocycles. The van der Waals surface area contributed by atoms with Crippen molar-refractivity contribution < 1.29 is 22.7 Å². The summed E-state index contributed by atoms with van der Waals surface area (Å²) in [4.78, 5) is 17.0. The van der Waals surface area contributed by atoms with Crippen molar-refractivity contribution in [1.29, 1.82) is 0 Å². The number of methoxy groups -OCH3 is 2. The van der Waals surface area contributed by atoms with E-state index in [2.05, 4.69) is 10.3 Å². The summed E-state index contributed by atoms with van der Waals surface area (Å²) in [7, 11) is -0.845. The summed E-state index contributed by atoms with van der Waals surface area (Å²) in [6.07, 6.45) is 3.01. The average Bonchev–Trinajstić information content (AvgIpc) is 3.02. The van der Waals surface area contributed by atoms with Crippen molar-refractivity contribution >= 4 is 21.6 Å². The minimum Gasteiger partial charge on any atom is -0.497 e. The number of nitrogens with zero attached hydrogens (tertiary/aromatic N) is 2. The number of amides is 1. The highest BCUT2D eigenvalue weighted by Gasteiger charge is 2.30. The lowest BCUT2D eigenvalue weighted by Gasteiger charge is -2.14. The minimum absolute atomic E-state index is 0.0636. The van der Waals surface area contributed by atoms with Crippen LogP contribution in [0.25, 0.3) is 0 Å². The maximum Gasteiger partial charge on any atom is 0.256 e. The molecule has 3 aromatic rings. The van der Waals surface area contributed by atoms with Crippen molar-refractivity contribution in [1.82, 2.24) is 9.55 Å². The van der Waals surface area contributed by atoms with Crippen LogP contribution in [0, 0.1) is 13.8 Å². The van der Waals surface area contributed by atoms with E-state index in [1.807, 2.05) is 6.92 Å². The molecular weight excluding hydrogens is 418 g/mol. The van der Waals surface area contributed by atoms with Crippen molar-refractivity contribution in [3.05, 3.63) is 65.6 Å². The van der Waals surface area contributed by atoms with Gasteiger partial charge in [0.1, 0.15) is 16.5 Å². The van der Waals surface area contributed by atoms with E-state index in [0.717, 1.165) is 5.69 Å². The largest absolute Gasteiger partial charge is 0.497 e. The van der Waals surface area contributed by atoms with Crippen LogP contribution in [-0.4, -0.2) is 44.7 Å². The zero-order chi connectivity index (χ0) is 22.6. The van der Waals surface area contributed by atoms with Crippen LogP contribution in [-0.2, 0) is 21.1 Å². The number of pyridine rings is 1. The number of sulfone groups is 1. The van der Waals surface area contributed by atoms with Crippen LogP contribution in [0.5, 0.6) is 5.75 Å². The Morgan fingerprint density at radius 1 is 1.06 bits per heavy atom. The zero-order valence-corrected chi connectivity index (χ0v) is 18.7. The van der Waals surface area contributed by atoms with E-state index in [4.69, 9.17) is 9.47 Å². The Labute approximate surface area is 181 Å². The first-order valence-electron chi connectivity index (χ1n) is 9.60. The summed E-state index contributed by atoms with van der Waals surface area (Å²) in [5.41, 5.74) is 1.67. The number of anilines is 1. The number of carbonyl (C=O) groups is 1. The van der Waals surface area contributed by atoms with E-state index < -0.39 is 15.7 Å². The Bertz CT molecular complexity index is 1170. The number of carbonyl (C=O) groups excluding carboxylic acids is 1. The fourth-order valence-electron chi connectivity index (χ4n) is 3.31. The van der Waals surface area contributed by atoms with Gasteiger partial charge in [0.25, 0.3) is 5.91 Å². The Morgan fingerprint density at radius 3 is 2.29 bits per heavy atom. The molecule has 0 radical (unpaired) electrons. The molecule has 2 heterocycles. The molecule has 0 bridgehead atoms. The third-order valence-corrected chi connectivity index (χ3v) is 7.03. The van der Waals surface area contributed by atoms with Crippen LogP contribution in [0.3, 0.4) is 0 Å². The lowest BCUT2D eigenvalue weighted by molar-refractivity contribution is 0.102. The SMILES string of the molecule is COCCn1c(C)c(C)c(S(=O)(=O)c2ccc(OC)cc2)c1NC(=O)c1ccncc1. The fourth-order valence-corrected chi connectivity index (χ4v) is 5.00. The molecule has 9 heteroatoms. The predicted molar refractivity (Wildman–Crippen MR) is 116 cm³/mol. The Balaban J connectivity index is 2.15. The number of nitrogens with one attached hydrogen (secondary N) is 1. The maximum atomic E-state index is 13.6. The second-order valence-corrected chi connectivity index (χ2v) is 8.79. The first-order valence-corrected chi connectivity index (χ1v) is 11.1. The summed E-state index contributed by atoms with van der Waals surface area (Å²) in [5, 5.41) is 2.80.